The van der Waals surface area contributed by atoms with Crippen molar-refractivity contribution < 1.29 is 23.1 Å². The van der Waals surface area contributed by atoms with Crippen molar-refractivity contribution in [2.24, 2.45) is 0 Å². The third-order valence-electron chi connectivity index (χ3n) is 4.40. The summed E-state index contributed by atoms with van der Waals surface area (Å²) in [5, 5.41) is 9.28. The molecule has 0 saturated carbocycles. The van der Waals surface area contributed by atoms with Crippen LogP contribution < -0.4 is 0 Å². The molecule has 3 rings (SSSR count). The third kappa shape index (κ3) is 4.12. The topological polar surface area (TPSA) is 83.9 Å². The number of hydrogen-bond acceptors (Lipinski definition) is 4. The van der Waals surface area contributed by atoms with E-state index in [1.165, 1.54) is 28.6 Å². The summed E-state index contributed by atoms with van der Waals surface area (Å²) >= 11 is 0. The van der Waals surface area contributed by atoms with Crippen molar-refractivity contribution in [2.75, 3.05) is 13.1 Å². The van der Waals surface area contributed by atoms with Crippen LogP contribution in [-0.2, 0) is 21.4 Å². The van der Waals surface area contributed by atoms with Gasteiger partial charge in [0.1, 0.15) is 0 Å². The van der Waals surface area contributed by atoms with Crippen molar-refractivity contribution in [3.63, 3.8) is 0 Å². The summed E-state index contributed by atoms with van der Waals surface area (Å²) in [6.07, 6.45) is 1.24. The normalized spacial score (nSPS) is 18.5. The number of rotatable bonds is 6. The zero-order valence-electron chi connectivity index (χ0n) is 14.2. The second kappa shape index (κ2) is 7.99. The van der Waals surface area contributed by atoms with E-state index >= 15 is 0 Å². The molecular weight excluding hydrogens is 354 g/mol. The first kappa shape index (κ1) is 18.6. The van der Waals surface area contributed by atoms with Gasteiger partial charge in [-0.1, -0.05) is 42.5 Å². The molecule has 2 aromatic carbocycles. The zero-order chi connectivity index (χ0) is 18.6. The van der Waals surface area contributed by atoms with Crippen LogP contribution in [0.25, 0.3) is 0 Å². The van der Waals surface area contributed by atoms with Crippen LogP contribution in [0.4, 0.5) is 0 Å². The van der Waals surface area contributed by atoms with Crippen molar-refractivity contribution in [2.45, 2.75) is 30.4 Å². The van der Waals surface area contributed by atoms with Crippen LogP contribution in [0.1, 0.15) is 28.8 Å². The van der Waals surface area contributed by atoms with Gasteiger partial charge in [0.25, 0.3) is 0 Å². The van der Waals surface area contributed by atoms with Crippen LogP contribution in [0.3, 0.4) is 0 Å². The summed E-state index contributed by atoms with van der Waals surface area (Å²) in [5.74, 6) is -1.25. The molecule has 138 valence electrons. The third-order valence-corrected chi connectivity index (χ3v) is 6.33. The Hall–Kier alpha value is -2.22. The van der Waals surface area contributed by atoms with Crippen molar-refractivity contribution in [1.29, 1.82) is 0 Å². The van der Waals surface area contributed by atoms with E-state index in [4.69, 9.17) is 4.74 Å². The number of carboxylic acids is 1. The molecule has 0 bridgehead atoms. The number of carbonyl (C=O) groups is 1. The van der Waals surface area contributed by atoms with E-state index in [1.807, 2.05) is 30.3 Å². The number of sulfonamides is 1. The van der Waals surface area contributed by atoms with Gasteiger partial charge in [0.05, 0.1) is 23.2 Å². The fourth-order valence-electron chi connectivity index (χ4n) is 3.06. The highest BCUT2D eigenvalue weighted by Crippen LogP contribution is 2.25. The van der Waals surface area contributed by atoms with E-state index in [-0.39, 0.29) is 23.1 Å². The van der Waals surface area contributed by atoms with Crippen LogP contribution in [0, 0.1) is 0 Å². The second-order valence-corrected chi connectivity index (χ2v) is 8.13. The van der Waals surface area contributed by atoms with E-state index in [1.54, 1.807) is 0 Å². The standard InChI is InChI=1S/C19H21NO5S/c21-19(22)17-10-4-5-11-18(17)26(23,24)20-12-6-9-16(13-20)25-14-15-7-2-1-3-8-15/h1-5,7-8,10-11,16H,6,9,12-14H2,(H,21,22). The summed E-state index contributed by atoms with van der Waals surface area (Å²) in [7, 11) is -3.88. The largest absolute Gasteiger partial charge is 0.478 e. The van der Waals surface area contributed by atoms with E-state index < -0.39 is 16.0 Å². The van der Waals surface area contributed by atoms with Gasteiger partial charge in [-0.25, -0.2) is 13.2 Å². The molecule has 1 aliphatic heterocycles. The number of benzene rings is 2. The Labute approximate surface area is 153 Å². The quantitative estimate of drug-likeness (QED) is 0.839. The van der Waals surface area contributed by atoms with Gasteiger partial charge in [-0.3, -0.25) is 0 Å². The van der Waals surface area contributed by atoms with Crippen LogP contribution >= 0.6 is 0 Å². The predicted octanol–water partition coefficient (Wildman–Crippen LogP) is 2.75. The molecule has 1 saturated heterocycles. The Morgan fingerprint density at radius 3 is 2.54 bits per heavy atom. The minimum absolute atomic E-state index is 0.170. The highest BCUT2D eigenvalue weighted by atomic mass is 32.2. The average molecular weight is 375 g/mol. The molecule has 0 spiro atoms. The van der Waals surface area contributed by atoms with Gasteiger partial charge in [-0.05, 0) is 30.5 Å². The summed E-state index contributed by atoms with van der Waals surface area (Å²) in [6.45, 7) is 1.01. The molecule has 1 fully saturated rings. The van der Waals surface area contributed by atoms with Crippen LogP contribution in [0.2, 0.25) is 0 Å². The first-order valence-corrected chi connectivity index (χ1v) is 9.90. The van der Waals surface area contributed by atoms with Crippen molar-refractivity contribution in [3.8, 4) is 0 Å². The number of aromatic carboxylic acids is 1. The monoisotopic (exact) mass is 375 g/mol. The van der Waals surface area contributed by atoms with E-state index in [0.717, 1.165) is 12.0 Å². The van der Waals surface area contributed by atoms with Gasteiger partial charge in [-0.15, -0.1) is 0 Å². The Bertz CT molecular complexity index is 867. The summed E-state index contributed by atoms with van der Waals surface area (Å²) < 4.78 is 33.1. The SMILES string of the molecule is O=C(O)c1ccccc1S(=O)(=O)N1CCCC(OCc2ccccc2)C1. The maximum Gasteiger partial charge on any atom is 0.337 e. The molecule has 0 aliphatic carbocycles. The lowest BCUT2D eigenvalue weighted by atomic mass is 10.1. The van der Waals surface area contributed by atoms with Crippen LogP contribution in [0.5, 0.6) is 0 Å². The molecule has 1 N–H and O–H groups in total. The lowest BCUT2D eigenvalue weighted by Gasteiger charge is -2.32. The van der Waals surface area contributed by atoms with E-state index in [0.29, 0.717) is 19.6 Å². The molecule has 1 atom stereocenters. The molecule has 0 radical (unpaired) electrons. The van der Waals surface area contributed by atoms with Crippen molar-refractivity contribution >= 4 is 16.0 Å². The Balaban J connectivity index is 1.73. The maximum atomic E-state index is 12.9. The van der Waals surface area contributed by atoms with Gasteiger partial charge in [0.2, 0.25) is 10.0 Å². The average Bonchev–Trinajstić information content (AvgIpc) is 2.67. The molecule has 6 nitrogen and oxygen atoms in total. The first-order chi connectivity index (χ1) is 12.5. The van der Waals surface area contributed by atoms with Gasteiger partial charge < -0.3 is 9.84 Å². The number of nitrogens with zero attached hydrogens (tertiary/aromatic N) is 1. The molecule has 1 heterocycles. The molecule has 1 unspecified atom stereocenters. The number of ether oxygens (including phenoxy) is 1. The van der Waals surface area contributed by atoms with Gasteiger partial charge in [0.15, 0.2) is 0 Å². The van der Waals surface area contributed by atoms with Crippen LogP contribution in [-0.4, -0.2) is 43.0 Å². The molecule has 26 heavy (non-hydrogen) atoms. The smallest absolute Gasteiger partial charge is 0.337 e. The summed E-state index contributed by atoms with van der Waals surface area (Å²) in [6, 6.07) is 15.4. The fraction of sp³-hybridized carbons (Fsp3) is 0.316. The lowest BCUT2D eigenvalue weighted by molar-refractivity contribution is 0.00810. The van der Waals surface area contributed by atoms with E-state index in [2.05, 4.69) is 0 Å². The molecule has 1 aliphatic rings. The zero-order valence-corrected chi connectivity index (χ0v) is 15.1. The predicted molar refractivity (Wildman–Crippen MR) is 96.4 cm³/mol. The molecule has 0 aromatic heterocycles. The van der Waals surface area contributed by atoms with Gasteiger partial charge in [0, 0.05) is 13.1 Å². The summed E-state index contributed by atoms with van der Waals surface area (Å²) in [5.41, 5.74) is 0.823. The molecule has 7 heteroatoms. The van der Waals surface area contributed by atoms with Gasteiger partial charge >= 0.3 is 5.97 Å². The highest BCUT2D eigenvalue weighted by Gasteiger charge is 2.33. The second-order valence-electron chi connectivity index (χ2n) is 6.23. The summed E-state index contributed by atoms with van der Waals surface area (Å²) in [4.78, 5) is 11.2. The van der Waals surface area contributed by atoms with E-state index in [9.17, 15) is 18.3 Å². The van der Waals surface area contributed by atoms with Crippen molar-refractivity contribution in [1.82, 2.24) is 4.31 Å². The molecule has 0 amide bonds. The first-order valence-electron chi connectivity index (χ1n) is 8.46. The minimum Gasteiger partial charge on any atom is -0.478 e. The number of piperidine rings is 1. The highest BCUT2D eigenvalue weighted by molar-refractivity contribution is 7.89. The van der Waals surface area contributed by atoms with Crippen molar-refractivity contribution in [3.05, 3.63) is 65.7 Å². The minimum atomic E-state index is -3.88. The fourth-order valence-corrected chi connectivity index (χ4v) is 4.75. The van der Waals surface area contributed by atoms with Gasteiger partial charge in [-0.2, -0.15) is 4.31 Å². The number of carboxylic acid groups (broad SMARTS) is 1. The maximum absolute atomic E-state index is 12.9. The molecular formula is C19H21NO5S. The lowest BCUT2D eigenvalue weighted by Crippen LogP contribution is -2.43. The Morgan fingerprint density at radius 2 is 1.81 bits per heavy atom. The Morgan fingerprint density at radius 1 is 1.12 bits per heavy atom. The number of hydrogen-bond donors (Lipinski definition) is 1. The van der Waals surface area contributed by atoms with Crippen LogP contribution in [0.15, 0.2) is 59.5 Å². The Kier molecular flexibility index (Phi) is 5.70. The molecule has 2 aromatic rings.